The standard InChI is InChI=1S/C18H21NO4/c1-4-13-15(18(21)22-6-3)16(14(5-2)23-13)19-17(20)12-10-8-7-9-11-12/h4-5,7-11,13-16H,1-2,6H2,3H3,(H,19,20)/t13-,14+,15+,16+/m1/s1. The number of benzene rings is 1. The van der Waals surface area contributed by atoms with Gasteiger partial charge in [-0.05, 0) is 19.1 Å². The van der Waals surface area contributed by atoms with Gasteiger partial charge in [0.2, 0.25) is 0 Å². The Labute approximate surface area is 136 Å². The van der Waals surface area contributed by atoms with Gasteiger partial charge in [0.1, 0.15) is 5.92 Å². The quantitative estimate of drug-likeness (QED) is 0.645. The number of nitrogens with one attached hydrogen (secondary N) is 1. The molecule has 1 saturated heterocycles. The smallest absolute Gasteiger partial charge is 0.314 e. The molecule has 0 aliphatic carbocycles. The normalized spacial score (nSPS) is 26.3. The fourth-order valence-corrected chi connectivity index (χ4v) is 2.68. The second-order valence-electron chi connectivity index (χ2n) is 5.18. The summed E-state index contributed by atoms with van der Waals surface area (Å²) in [6.45, 7) is 9.41. The van der Waals surface area contributed by atoms with Crippen LogP contribution in [-0.4, -0.2) is 36.7 Å². The van der Waals surface area contributed by atoms with Crippen LogP contribution >= 0.6 is 0 Å². The number of rotatable bonds is 6. The second-order valence-corrected chi connectivity index (χ2v) is 5.18. The van der Waals surface area contributed by atoms with Gasteiger partial charge in [0.15, 0.2) is 0 Å². The number of esters is 1. The molecule has 0 bridgehead atoms. The summed E-state index contributed by atoms with van der Waals surface area (Å²) >= 11 is 0. The molecule has 1 N–H and O–H groups in total. The molecule has 1 aliphatic heterocycles. The highest BCUT2D eigenvalue weighted by Gasteiger charge is 2.47. The van der Waals surface area contributed by atoms with E-state index in [9.17, 15) is 9.59 Å². The van der Waals surface area contributed by atoms with Gasteiger partial charge >= 0.3 is 5.97 Å². The van der Waals surface area contributed by atoms with Gasteiger partial charge < -0.3 is 14.8 Å². The van der Waals surface area contributed by atoms with Gasteiger partial charge in [-0.25, -0.2) is 0 Å². The third-order valence-corrected chi connectivity index (χ3v) is 3.77. The molecule has 1 aliphatic rings. The number of carbonyl (C=O) groups excluding carboxylic acids is 2. The maximum atomic E-state index is 12.4. The summed E-state index contributed by atoms with van der Waals surface area (Å²) in [5, 5.41) is 2.87. The van der Waals surface area contributed by atoms with Gasteiger partial charge in [-0.1, -0.05) is 30.4 Å². The molecular weight excluding hydrogens is 294 g/mol. The molecule has 5 nitrogen and oxygen atoms in total. The summed E-state index contributed by atoms with van der Waals surface area (Å²) in [5.74, 6) is -1.34. The molecule has 0 radical (unpaired) electrons. The SMILES string of the molecule is C=C[C@@H]1O[C@H](C=C)[C@H](C(=O)OCC)[C@H]1NC(=O)c1ccccc1. The first-order valence-corrected chi connectivity index (χ1v) is 7.55. The molecule has 1 aromatic carbocycles. The Kier molecular flexibility index (Phi) is 5.71. The van der Waals surface area contributed by atoms with E-state index in [1.165, 1.54) is 0 Å². The van der Waals surface area contributed by atoms with E-state index in [1.54, 1.807) is 43.3 Å². The summed E-state index contributed by atoms with van der Waals surface area (Å²) in [4.78, 5) is 24.7. The van der Waals surface area contributed by atoms with Gasteiger partial charge in [-0.3, -0.25) is 9.59 Å². The van der Waals surface area contributed by atoms with E-state index in [2.05, 4.69) is 18.5 Å². The van der Waals surface area contributed by atoms with Crippen LogP contribution in [0.25, 0.3) is 0 Å². The van der Waals surface area contributed by atoms with Crippen LogP contribution in [-0.2, 0) is 14.3 Å². The Morgan fingerprint density at radius 2 is 1.87 bits per heavy atom. The molecule has 2 rings (SSSR count). The Morgan fingerprint density at radius 3 is 2.43 bits per heavy atom. The van der Waals surface area contributed by atoms with Gasteiger partial charge in [0.25, 0.3) is 5.91 Å². The zero-order chi connectivity index (χ0) is 16.8. The van der Waals surface area contributed by atoms with E-state index in [-0.39, 0.29) is 12.5 Å². The lowest BCUT2D eigenvalue weighted by atomic mass is 9.93. The van der Waals surface area contributed by atoms with Crippen molar-refractivity contribution in [3.05, 3.63) is 61.2 Å². The minimum Gasteiger partial charge on any atom is -0.466 e. The number of hydrogen-bond acceptors (Lipinski definition) is 4. The fraction of sp³-hybridized carbons (Fsp3) is 0.333. The Morgan fingerprint density at radius 1 is 1.22 bits per heavy atom. The second kappa shape index (κ2) is 7.74. The maximum absolute atomic E-state index is 12.4. The lowest BCUT2D eigenvalue weighted by Gasteiger charge is -2.22. The van der Waals surface area contributed by atoms with Crippen molar-refractivity contribution in [2.75, 3.05) is 6.61 Å². The molecular formula is C18H21NO4. The van der Waals surface area contributed by atoms with E-state index in [4.69, 9.17) is 9.47 Å². The highest BCUT2D eigenvalue weighted by atomic mass is 16.5. The Bertz CT molecular complexity index is 584. The fourth-order valence-electron chi connectivity index (χ4n) is 2.68. The average Bonchev–Trinajstić information content (AvgIpc) is 2.93. The predicted octanol–water partition coefficient (Wildman–Crippen LogP) is 2.10. The summed E-state index contributed by atoms with van der Waals surface area (Å²) in [5.41, 5.74) is 0.514. The van der Waals surface area contributed by atoms with Crippen LogP contribution in [0, 0.1) is 5.92 Å². The molecule has 0 saturated carbocycles. The molecule has 0 unspecified atom stereocenters. The van der Waals surface area contributed by atoms with Crippen LogP contribution in [0.1, 0.15) is 17.3 Å². The van der Waals surface area contributed by atoms with Crippen molar-refractivity contribution in [1.82, 2.24) is 5.32 Å². The first kappa shape index (κ1) is 17.0. The van der Waals surface area contributed by atoms with E-state index < -0.39 is 30.1 Å². The van der Waals surface area contributed by atoms with Crippen LogP contribution < -0.4 is 5.32 Å². The number of ether oxygens (including phenoxy) is 2. The minimum atomic E-state index is -0.650. The van der Waals surface area contributed by atoms with Crippen LogP contribution in [0.15, 0.2) is 55.6 Å². The lowest BCUT2D eigenvalue weighted by molar-refractivity contribution is -0.149. The van der Waals surface area contributed by atoms with Gasteiger partial charge in [-0.15, -0.1) is 13.2 Å². The van der Waals surface area contributed by atoms with Crippen molar-refractivity contribution < 1.29 is 19.1 Å². The van der Waals surface area contributed by atoms with Crippen molar-refractivity contribution in [3.63, 3.8) is 0 Å². The molecule has 4 atom stereocenters. The third-order valence-electron chi connectivity index (χ3n) is 3.77. The van der Waals surface area contributed by atoms with E-state index in [1.807, 2.05) is 6.07 Å². The summed E-state index contributed by atoms with van der Waals surface area (Å²) in [6.07, 6.45) is 2.11. The molecule has 5 heteroatoms. The zero-order valence-electron chi connectivity index (χ0n) is 13.1. The van der Waals surface area contributed by atoms with Gasteiger partial charge in [0, 0.05) is 5.56 Å². The van der Waals surface area contributed by atoms with E-state index >= 15 is 0 Å². The Hall–Kier alpha value is -2.40. The highest BCUT2D eigenvalue weighted by molar-refractivity contribution is 5.94. The predicted molar refractivity (Wildman–Crippen MR) is 86.9 cm³/mol. The first-order valence-electron chi connectivity index (χ1n) is 7.55. The van der Waals surface area contributed by atoms with Crippen molar-refractivity contribution >= 4 is 11.9 Å². The largest absolute Gasteiger partial charge is 0.466 e. The molecule has 1 heterocycles. The van der Waals surface area contributed by atoms with Crippen LogP contribution in [0.3, 0.4) is 0 Å². The molecule has 23 heavy (non-hydrogen) atoms. The number of carbonyl (C=O) groups is 2. The molecule has 0 aromatic heterocycles. The summed E-state index contributed by atoms with van der Waals surface area (Å²) in [7, 11) is 0. The van der Waals surface area contributed by atoms with Crippen LogP contribution in [0.5, 0.6) is 0 Å². The Balaban J connectivity index is 2.23. The average molecular weight is 315 g/mol. The monoisotopic (exact) mass is 315 g/mol. The number of amides is 1. The van der Waals surface area contributed by atoms with Gasteiger partial charge in [0.05, 0.1) is 24.9 Å². The van der Waals surface area contributed by atoms with Crippen molar-refractivity contribution in [2.45, 2.75) is 25.2 Å². The van der Waals surface area contributed by atoms with Crippen molar-refractivity contribution in [1.29, 1.82) is 0 Å². The summed E-state index contributed by atoms with van der Waals surface area (Å²) in [6, 6.07) is 8.25. The summed E-state index contributed by atoms with van der Waals surface area (Å²) < 4.78 is 10.9. The first-order chi connectivity index (χ1) is 11.1. The number of hydrogen-bond donors (Lipinski definition) is 1. The molecule has 0 spiro atoms. The lowest BCUT2D eigenvalue weighted by Crippen LogP contribution is -2.47. The maximum Gasteiger partial charge on any atom is 0.314 e. The van der Waals surface area contributed by atoms with Crippen molar-refractivity contribution in [3.8, 4) is 0 Å². The molecule has 1 fully saturated rings. The molecule has 1 amide bonds. The van der Waals surface area contributed by atoms with Crippen molar-refractivity contribution in [2.24, 2.45) is 5.92 Å². The van der Waals surface area contributed by atoms with Gasteiger partial charge in [-0.2, -0.15) is 0 Å². The van der Waals surface area contributed by atoms with E-state index in [0.29, 0.717) is 5.56 Å². The topological polar surface area (TPSA) is 64.6 Å². The molecule has 122 valence electrons. The third kappa shape index (κ3) is 3.68. The highest BCUT2D eigenvalue weighted by Crippen LogP contribution is 2.30. The van der Waals surface area contributed by atoms with Crippen LogP contribution in [0.4, 0.5) is 0 Å². The van der Waals surface area contributed by atoms with E-state index in [0.717, 1.165) is 0 Å². The minimum absolute atomic E-state index is 0.261. The zero-order valence-corrected chi connectivity index (χ0v) is 13.1. The molecule has 1 aromatic rings. The van der Waals surface area contributed by atoms with Crippen LogP contribution in [0.2, 0.25) is 0 Å².